The predicted molar refractivity (Wildman–Crippen MR) is 74.6 cm³/mol. The molecule has 1 aromatic carbocycles. The van der Waals surface area contributed by atoms with Gasteiger partial charge < -0.3 is 10.8 Å². The van der Waals surface area contributed by atoms with Crippen LogP contribution in [0.15, 0.2) is 21.5 Å². The Balaban J connectivity index is 3.08. The van der Waals surface area contributed by atoms with Crippen molar-refractivity contribution in [2.45, 2.75) is 18.7 Å². The first kappa shape index (κ1) is 16.4. The number of nitrogen functional groups attached to an aromatic ring is 1. The normalized spacial score (nSPS) is 12.7. The van der Waals surface area contributed by atoms with E-state index in [0.29, 0.717) is 0 Å². The molecule has 1 aromatic rings. The highest BCUT2D eigenvalue weighted by molar-refractivity contribution is 9.10. The number of halogens is 2. The van der Waals surface area contributed by atoms with Crippen LogP contribution < -0.4 is 10.5 Å². The smallest absolute Gasteiger partial charge is 0.243 e. The molecule has 5 nitrogen and oxygen atoms in total. The lowest BCUT2D eigenvalue weighted by Gasteiger charge is -2.22. The lowest BCUT2D eigenvalue weighted by atomic mass is 9.96. The van der Waals surface area contributed by atoms with E-state index in [0.717, 1.165) is 6.07 Å². The van der Waals surface area contributed by atoms with Gasteiger partial charge in [0.2, 0.25) is 10.0 Å². The average Bonchev–Trinajstić information content (AvgIpc) is 2.31. The van der Waals surface area contributed by atoms with Gasteiger partial charge in [-0.15, -0.1) is 0 Å². The molecule has 0 bridgehead atoms. The second-order valence-electron chi connectivity index (χ2n) is 4.96. The Hall–Kier alpha value is -0.700. The average molecular weight is 355 g/mol. The standard InChI is InChI=1S/C11H16BrFN2O3S/c1-11(2,6-16)5-15-19(17,18)9-4-7(14)3-8(12)10(9)13/h3-4,15-16H,5-6,14H2,1-2H3. The Labute approximate surface area is 120 Å². The zero-order valence-corrected chi connectivity index (χ0v) is 13.0. The number of hydrogen-bond acceptors (Lipinski definition) is 4. The minimum atomic E-state index is -4.03. The molecule has 4 N–H and O–H groups in total. The minimum Gasteiger partial charge on any atom is -0.399 e. The van der Waals surface area contributed by atoms with Gasteiger partial charge in [-0.1, -0.05) is 13.8 Å². The topological polar surface area (TPSA) is 92.4 Å². The highest BCUT2D eigenvalue weighted by atomic mass is 79.9. The molecule has 1 rings (SSSR count). The number of aliphatic hydroxyl groups is 1. The van der Waals surface area contributed by atoms with Crippen LogP contribution in [0.1, 0.15) is 13.8 Å². The van der Waals surface area contributed by atoms with Crippen LogP contribution >= 0.6 is 15.9 Å². The molecule has 0 atom stereocenters. The molecule has 0 heterocycles. The van der Waals surface area contributed by atoms with Crippen molar-refractivity contribution in [1.82, 2.24) is 4.72 Å². The third-order valence-corrected chi connectivity index (χ3v) is 4.45. The first-order valence-corrected chi connectivity index (χ1v) is 7.72. The van der Waals surface area contributed by atoms with Crippen molar-refractivity contribution < 1.29 is 17.9 Å². The first-order chi connectivity index (χ1) is 8.59. The van der Waals surface area contributed by atoms with E-state index in [1.165, 1.54) is 6.07 Å². The van der Waals surface area contributed by atoms with Gasteiger partial charge in [-0.25, -0.2) is 17.5 Å². The molecule has 0 aliphatic rings. The molecule has 0 unspecified atom stereocenters. The molecule has 0 amide bonds. The number of rotatable bonds is 5. The van der Waals surface area contributed by atoms with Crippen LogP contribution in [-0.2, 0) is 10.0 Å². The van der Waals surface area contributed by atoms with Crippen LogP contribution in [0.25, 0.3) is 0 Å². The molecule has 0 aliphatic carbocycles. The summed E-state index contributed by atoms with van der Waals surface area (Å²) in [7, 11) is -4.03. The molecule has 0 aliphatic heterocycles. The molecule has 0 saturated carbocycles. The van der Waals surface area contributed by atoms with Gasteiger partial charge in [-0.3, -0.25) is 0 Å². The van der Waals surface area contributed by atoms with Crippen LogP contribution in [0.3, 0.4) is 0 Å². The van der Waals surface area contributed by atoms with Crippen LogP contribution in [0.4, 0.5) is 10.1 Å². The minimum absolute atomic E-state index is 0.0162. The number of nitrogens with two attached hydrogens (primary N) is 1. The van der Waals surface area contributed by atoms with E-state index in [4.69, 9.17) is 10.8 Å². The Morgan fingerprint density at radius 1 is 1.47 bits per heavy atom. The number of aliphatic hydroxyl groups excluding tert-OH is 1. The van der Waals surface area contributed by atoms with E-state index in [1.807, 2.05) is 0 Å². The summed E-state index contributed by atoms with van der Waals surface area (Å²) >= 11 is 2.91. The third-order valence-electron chi connectivity index (χ3n) is 2.48. The molecule has 0 aromatic heterocycles. The van der Waals surface area contributed by atoms with E-state index < -0.39 is 26.2 Å². The van der Waals surface area contributed by atoms with Crippen LogP contribution in [0, 0.1) is 11.2 Å². The highest BCUT2D eigenvalue weighted by Crippen LogP contribution is 2.26. The summed E-state index contributed by atoms with van der Waals surface area (Å²) < 4.78 is 40.1. The van der Waals surface area contributed by atoms with Crippen molar-refractivity contribution in [3.8, 4) is 0 Å². The Morgan fingerprint density at radius 2 is 2.05 bits per heavy atom. The lowest BCUT2D eigenvalue weighted by molar-refractivity contribution is 0.163. The fourth-order valence-electron chi connectivity index (χ4n) is 1.20. The SMILES string of the molecule is CC(C)(CO)CNS(=O)(=O)c1cc(N)cc(Br)c1F. The van der Waals surface area contributed by atoms with Crippen molar-refractivity contribution in [3.05, 3.63) is 22.4 Å². The van der Waals surface area contributed by atoms with Gasteiger partial charge in [0, 0.05) is 24.3 Å². The number of nitrogens with one attached hydrogen (secondary N) is 1. The van der Waals surface area contributed by atoms with Gasteiger partial charge in [0.05, 0.1) is 4.47 Å². The van der Waals surface area contributed by atoms with Gasteiger partial charge in [-0.05, 0) is 28.1 Å². The largest absolute Gasteiger partial charge is 0.399 e. The van der Waals surface area contributed by atoms with Gasteiger partial charge in [0.25, 0.3) is 0 Å². The summed E-state index contributed by atoms with van der Waals surface area (Å²) in [6.07, 6.45) is 0. The Bertz CT molecular complexity index is 576. The lowest BCUT2D eigenvalue weighted by Crippen LogP contribution is -2.36. The van der Waals surface area contributed by atoms with Crippen molar-refractivity contribution in [3.63, 3.8) is 0 Å². The first-order valence-electron chi connectivity index (χ1n) is 5.44. The Morgan fingerprint density at radius 3 is 2.58 bits per heavy atom. The highest BCUT2D eigenvalue weighted by Gasteiger charge is 2.25. The number of sulfonamides is 1. The van der Waals surface area contributed by atoms with Crippen LogP contribution in [0.5, 0.6) is 0 Å². The maximum absolute atomic E-state index is 13.8. The van der Waals surface area contributed by atoms with Crippen LogP contribution in [-0.4, -0.2) is 26.7 Å². The summed E-state index contributed by atoms with van der Waals surface area (Å²) in [4.78, 5) is -0.520. The zero-order chi connectivity index (χ0) is 14.8. The monoisotopic (exact) mass is 354 g/mol. The van der Waals surface area contributed by atoms with E-state index in [9.17, 15) is 12.8 Å². The van der Waals surface area contributed by atoms with Crippen molar-refractivity contribution in [2.75, 3.05) is 18.9 Å². The molecule has 0 fully saturated rings. The van der Waals surface area contributed by atoms with Gasteiger partial charge in [0.15, 0.2) is 5.82 Å². The summed E-state index contributed by atoms with van der Waals surface area (Å²) in [6, 6.07) is 2.33. The van der Waals surface area contributed by atoms with E-state index >= 15 is 0 Å². The molecule has 108 valence electrons. The second kappa shape index (κ2) is 5.74. The molecule has 19 heavy (non-hydrogen) atoms. The maximum Gasteiger partial charge on any atom is 0.243 e. The second-order valence-corrected chi connectivity index (χ2v) is 7.55. The van der Waals surface area contributed by atoms with E-state index in [2.05, 4.69) is 20.7 Å². The van der Waals surface area contributed by atoms with Crippen molar-refractivity contribution >= 4 is 31.6 Å². The number of benzene rings is 1. The fraction of sp³-hybridized carbons (Fsp3) is 0.455. The van der Waals surface area contributed by atoms with Crippen LogP contribution in [0.2, 0.25) is 0 Å². The predicted octanol–water partition coefficient (Wildman–Crippen LogP) is 1.47. The number of hydrogen-bond donors (Lipinski definition) is 3. The van der Waals surface area contributed by atoms with Crippen molar-refractivity contribution in [1.29, 1.82) is 0 Å². The molecular weight excluding hydrogens is 339 g/mol. The fourth-order valence-corrected chi connectivity index (χ4v) is 3.19. The Kier molecular flexibility index (Phi) is 4.94. The van der Waals surface area contributed by atoms with E-state index in [1.54, 1.807) is 13.8 Å². The maximum atomic E-state index is 13.8. The summed E-state index contributed by atoms with van der Waals surface area (Å²) in [6.45, 7) is 3.15. The van der Waals surface area contributed by atoms with Crippen molar-refractivity contribution in [2.24, 2.45) is 5.41 Å². The summed E-state index contributed by atoms with van der Waals surface area (Å²) in [5.74, 6) is -0.900. The van der Waals surface area contributed by atoms with Gasteiger partial charge >= 0.3 is 0 Å². The summed E-state index contributed by atoms with van der Waals surface area (Å²) in [5, 5.41) is 9.07. The molecule has 8 heteroatoms. The van der Waals surface area contributed by atoms with Gasteiger partial charge in [-0.2, -0.15) is 0 Å². The quantitative estimate of drug-likeness (QED) is 0.698. The molecular formula is C11H16BrFN2O3S. The molecule has 0 radical (unpaired) electrons. The number of anilines is 1. The third kappa shape index (κ3) is 4.13. The molecule has 0 saturated heterocycles. The van der Waals surface area contributed by atoms with E-state index in [-0.39, 0.29) is 23.3 Å². The van der Waals surface area contributed by atoms with Gasteiger partial charge in [0.1, 0.15) is 4.90 Å². The summed E-state index contributed by atoms with van der Waals surface area (Å²) in [5.41, 5.74) is 5.00. The zero-order valence-electron chi connectivity index (χ0n) is 10.6. The molecule has 0 spiro atoms.